The third-order valence-corrected chi connectivity index (χ3v) is 3.16. The Labute approximate surface area is 103 Å². The van der Waals surface area contributed by atoms with E-state index in [9.17, 15) is 4.79 Å². The molecule has 1 fully saturated rings. The molecule has 100 valence electrons. The van der Waals surface area contributed by atoms with Gasteiger partial charge in [-0.3, -0.25) is 9.69 Å². The Morgan fingerprint density at radius 1 is 1.53 bits per heavy atom. The monoisotopic (exact) mass is 244 g/mol. The normalized spacial score (nSPS) is 25.8. The second kappa shape index (κ2) is 7.63. The van der Waals surface area contributed by atoms with Crippen LogP contribution in [0.15, 0.2) is 0 Å². The molecule has 17 heavy (non-hydrogen) atoms. The molecule has 2 atom stereocenters. The van der Waals surface area contributed by atoms with Gasteiger partial charge in [0.25, 0.3) is 0 Å². The molecule has 1 heterocycles. The molecular weight excluding hydrogens is 220 g/mol. The average molecular weight is 244 g/mol. The molecular formula is C12H24N2O3. The molecule has 0 aromatic carbocycles. The maximum atomic E-state index is 11.6. The number of aliphatic hydroxyl groups excluding tert-OH is 1. The lowest BCUT2D eigenvalue weighted by Crippen LogP contribution is -2.51. The highest BCUT2D eigenvalue weighted by Gasteiger charge is 2.31. The van der Waals surface area contributed by atoms with Crippen LogP contribution in [0.1, 0.15) is 19.8 Å². The number of hydrogen-bond acceptors (Lipinski definition) is 5. The molecule has 2 unspecified atom stereocenters. The first-order chi connectivity index (χ1) is 8.21. The number of aliphatic hydroxyl groups is 1. The summed E-state index contributed by atoms with van der Waals surface area (Å²) in [5, 5.41) is 12.4. The van der Waals surface area contributed by atoms with Crippen LogP contribution in [0.5, 0.6) is 0 Å². The zero-order valence-corrected chi connectivity index (χ0v) is 10.8. The van der Waals surface area contributed by atoms with Crippen molar-refractivity contribution in [1.82, 2.24) is 10.2 Å². The highest BCUT2D eigenvalue weighted by Crippen LogP contribution is 2.18. The number of hydrogen-bond donors (Lipinski definition) is 2. The van der Waals surface area contributed by atoms with E-state index in [0.717, 1.165) is 25.9 Å². The largest absolute Gasteiger partial charge is 0.469 e. The zero-order chi connectivity index (χ0) is 12.7. The lowest BCUT2D eigenvalue weighted by Gasteiger charge is -2.36. The summed E-state index contributed by atoms with van der Waals surface area (Å²) in [7, 11) is 1.43. The van der Waals surface area contributed by atoms with Crippen LogP contribution in [0.4, 0.5) is 0 Å². The topological polar surface area (TPSA) is 61.8 Å². The highest BCUT2D eigenvalue weighted by atomic mass is 16.5. The van der Waals surface area contributed by atoms with Crippen molar-refractivity contribution in [1.29, 1.82) is 0 Å². The number of nitrogens with one attached hydrogen (secondary N) is 1. The number of ether oxygens (including phenoxy) is 1. The third-order valence-electron chi connectivity index (χ3n) is 3.16. The van der Waals surface area contributed by atoms with E-state index in [1.54, 1.807) is 0 Å². The van der Waals surface area contributed by atoms with E-state index in [2.05, 4.69) is 17.1 Å². The Balaban J connectivity index is 2.52. The molecule has 0 amide bonds. The molecule has 1 saturated heterocycles. The van der Waals surface area contributed by atoms with Gasteiger partial charge in [0, 0.05) is 25.7 Å². The smallest absolute Gasteiger partial charge is 0.310 e. The molecule has 0 spiro atoms. The fourth-order valence-corrected chi connectivity index (χ4v) is 2.35. The Morgan fingerprint density at radius 2 is 2.29 bits per heavy atom. The summed E-state index contributed by atoms with van der Waals surface area (Å²) in [6.45, 7) is 5.43. The van der Waals surface area contributed by atoms with Crippen LogP contribution >= 0.6 is 0 Å². The van der Waals surface area contributed by atoms with Gasteiger partial charge in [-0.25, -0.2) is 0 Å². The van der Waals surface area contributed by atoms with E-state index in [-0.39, 0.29) is 18.5 Å². The van der Waals surface area contributed by atoms with Gasteiger partial charge in [-0.1, -0.05) is 6.92 Å². The maximum Gasteiger partial charge on any atom is 0.310 e. The number of piperidine rings is 1. The van der Waals surface area contributed by atoms with Crippen molar-refractivity contribution in [2.24, 2.45) is 5.92 Å². The summed E-state index contributed by atoms with van der Waals surface area (Å²) in [6, 6.07) is 0.319. The summed E-state index contributed by atoms with van der Waals surface area (Å²) in [5.74, 6) is -0.217. The van der Waals surface area contributed by atoms with Crippen LogP contribution in [-0.4, -0.2) is 61.9 Å². The fraction of sp³-hybridized carbons (Fsp3) is 0.917. The van der Waals surface area contributed by atoms with Gasteiger partial charge in [0.15, 0.2) is 0 Å². The van der Waals surface area contributed by atoms with Crippen molar-refractivity contribution in [2.75, 3.05) is 39.9 Å². The van der Waals surface area contributed by atoms with E-state index >= 15 is 0 Å². The van der Waals surface area contributed by atoms with Crippen molar-refractivity contribution in [2.45, 2.75) is 25.8 Å². The third kappa shape index (κ3) is 4.61. The standard InChI is InChI=1S/C12H24N2O3/c1-3-4-13-11-7-10(12(16)17-2)8-14(9-11)5-6-15/h10-11,13,15H,3-9H2,1-2H3. The van der Waals surface area contributed by atoms with Crippen molar-refractivity contribution < 1.29 is 14.6 Å². The van der Waals surface area contributed by atoms with Crippen molar-refractivity contribution >= 4 is 5.97 Å². The van der Waals surface area contributed by atoms with Crippen LogP contribution < -0.4 is 5.32 Å². The molecule has 1 aliphatic rings. The minimum Gasteiger partial charge on any atom is -0.469 e. The van der Waals surface area contributed by atoms with Gasteiger partial charge in [0.05, 0.1) is 19.6 Å². The fourth-order valence-electron chi connectivity index (χ4n) is 2.35. The molecule has 5 heteroatoms. The number of β-amino-alcohol motifs (C(OH)–C–C–N with tert-alkyl or cyclic N) is 1. The van der Waals surface area contributed by atoms with Gasteiger partial charge in [0.2, 0.25) is 0 Å². The molecule has 1 aliphatic heterocycles. The minimum atomic E-state index is -0.143. The van der Waals surface area contributed by atoms with E-state index in [4.69, 9.17) is 9.84 Å². The summed E-state index contributed by atoms with van der Waals surface area (Å²) >= 11 is 0. The van der Waals surface area contributed by atoms with Crippen molar-refractivity contribution in [3.63, 3.8) is 0 Å². The summed E-state index contributed by atoms with van der Waals surface area (Å²) < 4.78 is 4.81. The maximum absolute atomic E-state index is 11.6. The minimum absolute atomic E-state index is 0.0744. The van der Waals surface area contributed by atoms with Gasteiger partial charge >= 0.3 is 5.97 Å². The Kier molecular flexibility index (Phi) is 6.47. The van der Waals surface area contributed by atoms with Crippen LogP contribution in [0.25, 0.3) is 0 Å². The first-order valence-electron chi connectivity index (χ1n) is 6.35. The summed E-state index contributed by atoms with van der Waals surface area (Å²) in [5.41, 5.74) is 0. The van der Waals surface area contributed by atoms with Gasteiger partial charge in [-0.15, -0.1) is 0 Å². The summed E-state index contributed by atoms with van der Waals surface area (Å²) in [6.07, 6.45) is 1.91. The summed E-state index contributed by atoms with van der Waals surface area (Å²) in [4.78, 5) is 13.7. The van der Waals surface area contributed by atoms with Gasteiger partial charge in [-0.2, -0.15) is 0 Å². The molecule has 0 bridgehead atoms. The molecule has 2 N–H and O–H groups in total. The number of rotatable bonds is 6. The molecule has 1 rings (SSSR count). The Morgan fingerprint density at radius 3 is 2.88 bits per heavy atom. The number of methoxy groups -OCH3 is 1. The van der Waals surface area contributed by atoms with Gasteiger partial charge < -0.3 is 15.2 Å². The van der Waals surface area contributed by atoms with Crippen LogP contribution in [0.3, 0.4) is 0 Å². The molecule has 0 saturated carbocycles. The van der Waals surface area contributed by atoms with E-state index in [1.807, 2.05) is 0 Å². The predicted molar refractivity (Wildman–Crippen MR) is 65.7 cm³/mol. The predicted octanol–water partition coefficient (Wildman–Crippen LogP) is -0.158. The number of nitrogens with zero attached hydrogens (tertiary/aromatic N) is 1. The lowest BCUT2D eigenvalue weighted by molar-refractivity contribution is -0.147. The molecule has 0 aromatic rings. The zero-order valence-electron chi connectivity index (χ0n) is 10.8. The van der Waals surface area contributed by atoms with E-state index in [1.165, 1.54) is 7.11 Å². The molecule has 0 radical (unpaired) electrons. The highest BCUT2D eigenvalue weighted by molar-refractivity contribution is 5.72. The molecule has 5 nitrogen and oxygen atoms in total. The number of carbonyl (C=O) groups is 1. The molecule has 0 aromatic heterocycles. The van der Waals surface area contributed by atoms with Crippen LogP contribution in [-0.2, 0) is 9.53 Å². The van der Waals surface area contributed by atoms with Crippen molar-refractivity contribution in [3.05, 3.63) is 0 Å². The first kappa shape index (κ1) is 14.4. The van der Waals surface area contributed by atoms with Gasteiger partial charge in [0.1, 0.15) is 0 Å². The van der Waals surface area contributed by atoms with Crippen LogP contribution in [0.2, 0.25) is 0 Å². The number of likely N-dealkylation sites (tertiary alicyclic amines) is 1. The quantitative estimate of drug-likeness (QED) is 0.636. The average Bonchev–Trinajstić information content (AvgIpc) is 2.35. The second-order valence-corrected chi connectivity index (χ2v) is 4.59. The van der Waals surface area contributed by atoms with Crippen molar-refractivity contribution in [3.8, 4) is 0 Å². The second-order valence-electron chi connectivity index (χ2n) is 4.59. The first-order valence-corrected chi connectivity index (χ1v) is 6.35. The van der Waals surface area contributed by atoms with Crippen LogP contribution in [0, 0.1) is 5.92 Å². The van der Waals surface area contributed by atoms with E-state index in [0.29, 0.717) is 19.1 Å². The number of carbonyl (C=O) groups excluding carboxylic acids is 1. The van der Waals surface area contributed by atoms with E-state index < -0.39 is 0 Å². The Bertz CT molecular complexity index is 236. The number of esters is 1. The van der Waals surface area contributed by atoms with Gasteiger partial charge in [-0.05, 0) is 19.4 Å². The Hall–Kier alpha value is -0.650. The SMILES string of the molecule is CCCNC1CC(C(=O)OC)CN(CCO)C1. The lowest BCUT2D eigenvalue weighted by atomic mass is 9.94. The molecule has 0 aliphatic carbocycles.